The minimum atomic E-state index is -4.14. The van der Waals surface area contributed by atoms with Crippen molar-refractivity contribution in [3.05, 3.63) is 86.8 Å². The number of alkyl carbamates (subject to hydrolysis) is 1. The van der Waals surface area contributed by atoms with Crippen molar-refractivity contribution in [1.29, 1.82) is 0 Å². The summed E-state index contributed by atoms with van der Waals surface area (Å²) in [5.41, 5.74) is 2.75. The summed E-state index contributed by atoms with van der Waals surface area (Å²) in [7, 11) is -4.14. The second-order valence-electron chi connectivity index (χ2n) is 16.5. The predicted molar refractivity (Wildman–Crippen MR) is 234 cm³/mol. The van der Waals surface area contributed by atoms with E-state index in [2.05, 4.69) is 39.8 Å². The van der Waals surface area contributed by atoms with Gasteiger partial charge >= 0.3 is 19.8 Å². The molecule has 1 aliphatic heterocycles. The van der Waals surface area contributed by atoms with E-state index in [1.54, 1.807) is 77.1 Å². The van der Waals surface area contributed by atoms with Gasteiger partial charge in [0, 0.05) is 33.3 Å². The molecule has 2 aromatic carbocycles. The number of aliphatic imine (C=N–C) groups is 1. The van der Waals surface area contributed by atoms with Gasteiger partial charge in [-0.2, -0.15) is 5.09 Å². The molecule has 60 heavy (non-hydrogen) atoms. The van der Waals surface area contributed by atoms with Crippen molar-refractivity contribution in [1.82, 2.24) is 25.2 Å². The number of hydrogen-bond donors (Lipinski definition) is 3. The summed E-state index contributed by atoms with van der Waals surface area (Å²) in [4.78, 5) is 44.7. The van der Waals surface area contributed by atoms with Gasteiger partial charge in [0.05, 0.1) is 18.7 Å². The quantitative estimate of drug-likeness (QED) is 0.0554. The molecule has 3 atom stereocenters. The molecule has 15 nitrogen and oxygen atoms in total. The van der Waals surface area contributed by atoms with Gasteiger partial charge in [0.2, 0.25) is 5.91 Å². The molecule has 324 valence electrons. The number of nitrogens with zero attached hydrogens (tertiary/aromatic N) is 4. The fourth-order valence-corrected chi connectivity index (χ4v) is 8.99. The molecule has 1 aliphatic rings. The number of thiophene rings is 1. The number of ether oxygens (including phenoxy) is 2. The van der Waals surface area contributed by atoms with Crippen LogP contribution >= 0.6 is 30.7 Å². The molecule has 4 aromatic rings. The van der Waals surface area contributed by atoms with E-state index in [9.17, 15) is 18.9 Å². The van der Waals surface area contributed by atoms with Crippen LogP contribution < -0.4 is 20.2 Å². The zero-order valence-corrected chi connectivity index (χ0v) is 38.3. The summed E-state index contributed by atoms with van der Waals surface area (Å²) in [6, 6.07) is 12.1. The summed E-state index contributed by atoms with van der Waals surface area (Å²) in [5, 5.41) is 18.7. The van der Waals surface area contributed by atoms with Gasteiger partial charge < -0.3 is 24.6 Å². The number of nitrogens with one attached hydrogen (secondary N) is 3. The summed E-state index contributed by atoms with van der Waals surface area (Å²) < 4.78 is 38.5. The normalized spacial score (nSPS) is 15.4. The number of hydrogen-bond acceptors (Lipinski definition) is 12. The van der Waals surface area contributed by atoms with Crippen LogP contribution in [-0.4, -0.2) is 68.8 Å². The van der Waals surface area contributed by atoms with Crippen LogP contribution in [0.3, 0.4) is 0 Å². The van der Waals surface area contributed by atoms with Crippen LogP contribution in [-0.2, 0) is 28.2 Å². The minimum Gasteiger partial charge on any atom is -0.459 e. The van der Waals surface area contributed by atoms with Crippen LogP contribution in [0.25, 0.3) is 5.00 Å². The maximum absolute atomic E-state index is 14.1. The highest BCUT2D eigenvalue weighted by Gasteiger charge is 2.35. The SMILES string of the molecule is Cc1sc2c(c1C)C(c1ccc(Cl)cc1)=N[C@@H](CC(=O)Nc1ccc(OP(=O)(NC(C)C(=O)OC(C)(C)C)OCCCCCNC(=O)OC(C)(C)C)cc1)c1nnc(C)n1-2. The van der Waals surface area contributed by atoms with Crippen LogP contribution in [0.15, 0.2) is 53.5 Å². The van der Waals surface area contributed by atoms with E-state index in [1.807, 2.05) is 35.8 Å². The number of benzene rings is 2. The molecule has 0 saturated heterocycles. The molecule has 3 N–H and O–H groups in total. The molecule has 0 aliphatic carbocycles. The molecule has 0 saturated carbocycles. The number of carbonyl (C=O) groups excluding carboxylic acids is 3. The molecular weight excluding hydrogens is 829 g/mol. The van der Waals surface area contributed by atoms with Crippen LogP contribution in [0.4, 0.5) is 10.5 Å². The molecule has 3 heterocycles. The highest BCUT2D eigenvalue weighted by molar-refractivity contribution is 7.52. The number of anilines is 1. The summed E-state index contributed by atoms with van der Waals surface area (Å²) >= 11 is 7.88. The van der Waals surface area contributed by atoms with Crippen LogP contribution in [0.2, 0.25) is 5.02 Å². The van der Waals surface area contributed by atoms with Crippen molar-refractivity contribution in [3.63, 3.8) is 0 Å². The summed E-state index contributed by atoms with van der Waals surface area (Å²) in [6.45, 7) is 18.5. The molecule has 0 bridgehead atoms. The molecular formula is C42H55ClN7O8PS. The van der Waals surface area contributed by atoms with Gasteiger partial charge in [-0.05, 0) is 130 Å². The number of halogens is 1. The first-order valence-corrected chi connectivity index (χ1v) is 22.5. The number of amides is 2. The highest BCUT2D eigenvalue weighted by Crippen LogP contribution is 2.45. The fraction of sp³-hybridized carbons (Fsp3) is 0.476. The lowest BCUT2D eigenvalue weighted by Crippen LogP contribution is -2.38. The highest BCUT2D eigenvalue weighted by atomic mass is 35.5. The third-order valence-electron chi connectivity index (χ3n) is 8.96. The van der Waals surface area contributed by atoms with Crippen molar-refractivity contribution in [2.75, 3.05) is 18.5 Å². The van der Waals surface area contributed by atoms with E-state index in [4.69, 9.17) is 35.1 Å². The second-order valence-corrected chi connectivity index (χ2v) is 19.8. The Labute approximate surface area is 360 Å². The predicted octanol–water partition coefficient (Wildman–Crippen LogP) is 9.35. The smallest absolute Gasteiger partial charge is 0.459 e. The number of fused-ring (bicyclic) bond motifs is 3. The molecule has 2 unspecified atom stereocenters. The number of unbranched alkanes of at least 4 members (excludes halogenated alkanes) is 2. The van der Waals surface area contributed by atoms with Gasteiger partial charge in [0.1, 0.15) is 39.9 Å². The van der Waals surface area contributed by atoms with Crippen LogP contribution in [0.1, 0.15) is 113 Å². The van der Waals surface area contributed by atoms with Gasteiger partial charge in [-0.25, -0.2) is 9.36 Å². The monoisotopic (exact) mass is 883 g/mol. The zero-order chi connectivity index (χ0) is 44.0. The summed E-state index contributed by atoms with van der Waals surface area (Å²) in [6.07, 6.45) is 1.24. The largest absolute Gasteiger partial charge is 0.459 e. The van der Waals surface area contributed by atoms with Crippen molar-refractivity contribution in [2.45, 2.75) is 118 Å². The Morgan fingerprint density at radius 3 is 2.23 bits per heavy atom. The third kappa shape index (κ3) is 12.7. The Kier molecular flexibility index (Phi) is 15.0. The maximum atomic E-state index is 14.1. The number of aryl methyl sites for hydroxylation is 2. The van der Waals surface area contributed by atoms with E-state index < -0.39 is 43.1 Å². The first-order valence-electron chi connectivity index (χ1n) is 19.8. The van der Waals surface area contributed by atoms with E-state index >= 15 is 0 Å². The zero-order valence-electron chi connectivity index (χ0n) is 35.8. The maximum Gasteiger partial charge on any atom is 0.459 e. The molecule has 0 spiro atoms. The average Bonchev–Trinajstić information content (AvgIpc) is 3.62. The lowest BCUT2D eigenvalue weighted by molar-refractivity contribution is -0.156. The molecule has 2 aromatic heterocycles. The number of rotatable bonds is 16. The van der Waals surface area contributed by atoms with Crippen LogP contribution in [0.5, 0.6) is 5.75 Å². The van der Waals surface area contributed by atoms with E-state index in [0.29, 0.717) is 48.2 Å². The first-order chi connectivity index (χ1) is 28.1. The topological polar surface area (TPSA) is 184 Å². The van der Waals surface area contributed by atoms with Crippen LogP contribution in [0, 0.1) is 20.8 Å². The van der Waals surface area contributed by atoms with Gasteiger partial charge in [0.25, 0.3) is 0 Å². The molecule has 0 radical (unpaired) electrons. The van der Waals surface area contributed by atoms with Gasteiger partial charge in [0.15, 0.2) is 5.82 Å². The lowest BCUT2D eigenvalue weighted by Gasteiger charge is -2.26. The minimum absolute atomic E-state index is 0.0347. The second kappa shape index (κ2) is 19.4. The molecule has 5 rings (SSSR count). The lowest BCUT2D eigenvalue weighted by atomic mass is 9.99. The van der Waals surface area contributed by atoms with Gasteiger partial charge in [-0.3, -0.25) is 23.7 Å². The Morgan fingerprint density at radius 1 is 0.917 bits per heavy atom. The standard InChI is InChI=1S/C42H55ClN7O8PS/c1-25-27(3)60-38-35(25)36(29-14-16-30(43)17-15-29)46-33(37-48-47-28(4)50(37)38)24-34(51)45-31-18-20-32(21-19-31)58-59(54,49-26(2)39(52)56-41(5,6)7)55-23-13-11-12-22-44-40(53)57-42(8,9)10/h14-21,26,33H,11-13,22-24H2,1-10H3,(H,44,53)(H,45,51)(H,49,54)/t26?,33-,59?/m0/s1. The van der Waals surface area contributed by atoms with E-state index in [1.165, 1.54) is 6.92 Å². The molecule has 0 fully saturated rings. The first kappa shape index (κ1) is 46.5. The van der Waals surface area contributed by atoms with E-state index in [-0.39, 0.29) is 24.7 Å². The summed E-state index contributed by atoms with van der Waals surface area (Å²) in [5.74, 6) is 0.461. The van der Waals surface area contributed by atoms with Crippen molar-refractivity contribution < 1.29 is 37.5 Å². The number of aromatic nitrogens is 3. The average molecular weight is 884 g/mol. The Balaban J connectivity index is 1.27. The van der Waals surface area contributed by atoms with Gasteiger partial charge in [-0.1, -0.05) is 23.7 Å². The number of carbonyl (C=O) groups is 3. The molecule has 2 amide bonds. The molecule has 18 heteroatoms. The fourth-order valence-electron chi connectivity index (χ4n) is 6.12. The van der Waals surface area contributed by atoms with Crippen molar-refractivity contribution >= 4 is 60.1 Å². The van der Waals surface area contributed by atoms with E-state index in [0.717, 1.165) is 32.3 Å². The van der Waals surface area contributed by atoms with Crippen molar-refractivity contribution in [3.8, 4) is 10.8 Å². The Hall–Kier alpha value is -4.60. The Morgan fingerprint density at radius 2 is 1.58 bits per heavy atom. The Bertz CT molecular complexity index is 2240. The third-order valence-corrected chi connectivity index (χ3v) is 12.1. The van der Waals surface area contributed by atoms with Gasteiger partial charge in [-0.15, -0.1) is 21.5 Å². The number of esters is 1. The van der Waals surface area contributed by atoms with Crippen molar-refractivity contribution in [2.24, 2.45) is 4.99 Å².